The van der Waals surface area contributed by atoms with Crippen LogP contribution in [0.15, 0.2) is 0 Å². The maximum Gasteiger partial charge on any atom is 0.401 e. The molecule has 7 heteroatoms. The van der Waals surface area contributed by atoms with E-state index in [9.17, 15) is 23.1 Å². The quantitative estimate of drug-likeness (QED) is 0.755. The van der Waals surface area contributed by atoms with E-state index >= 15 is 0 Å². The molecule has 2 N–H and O–H groups in total. The minimum absolute atomic E-state index is 0.115. The molecule has 2 atom stereocenters. The van der Waals surface area contributed by atoms with Gasteiger partial charge in [0.05, 0.1) is 6.54 Å². The highest BCUT2D eigenvalue weighted by molar-refractivity contribution is 5.79. The lowest BCUT2D eigenvalue weighted by Crippen LogP contribution is -2.55. The first-order valence-corrected chi connectivity index (χ1v) is 6.95. The van der Waals surface area contributed by atoms with Crippen LogP contribution in [0.5, 0.6) is 0 Å². The number of hydrogen-bond donors (Lipinski definition) is 2. The topological polar surface area (TPSA) is 52.6 Å². The van der Waals surface area contributed by atoms with E-state index in [0.29, 0.717) is 19.4 Å². The standard InChI is InChI=1S/C13H23F3N2O2/c1-3-17-12(11(19)20)7-4-5-10(12)6-8-18(2)9-13(14,15)16/h10,17H,3-9H2,1-2H3,(H,19,20). The summed E-state index contributed by atoms with van der Waals surface area (Å²) in [6.45, 7) is 1.68. The first-order valence-electron chi connectivity index (χ1n) is 6.95. The second-order valence-corrected chi connectivity index (χ2v) is 5.54. The summed E-state index contributed by atoms with van der Waals surface area (Å²) in [4.78, 5) is 12.7. The van der Waals surface area contributed by atoms with Gasteiger partial charge in [-0.25, -0.2) is 0 Å². The van der Waals surface area contributed by atoms with Crippen LogP contribution >= 0.6 is 0 Å². The molecule has 4 nitrogen and oxygen atoms in total. The fourth-order valence-electron chi connectivity index (χ4n) is 3.14. The van der Waals surface area contributed by atoms with Crippen LogP contribution < -0.4 is 5.32 Å². The highest BCUT2D eigenvalue weighted by Crippen LogP contribution is 2.38. The Bertz CT molecular complexity index is 336. The lowest BCUT2D eigenvalue weighted by atomic mass is 9.84. The molecule has 0 spiro atoms. The lowest BCUT2D eigenvalue weighted by Gasteiger charge is -2.33. The molecule has 118 valence electrons. The van der Waals surface area contributed by atoms with Gasteiger partial charge in [-0.1, -0.05) is 13.3 Å². The van der Waals surface area contributed by atoms with E-state index in [-0.39, 0.29) is 12.5 Å². The van der Waals surface area contributed by atoms with Crippen LogP contribution in [0.1, 0.15) is 32.6 Å². The zero-order valence-corrected chi connectivity index (χ0v) is 12.0. The fourth-order valence-corrected chi connectivity index (χ4v) is 3.14. The molecule has 0 aromatic rings. The SMILES string of the molecule is CCNC1(C(=O)O)CCCC1CCN(C)CC(F)(F)F. The third-order valence-electron chi connectivity index (χ3n) is 4.00. The van der Waals surface area contributed by atoms with Gasteiger partial charge in [-0.15, -0.1) is 0 Å². The fraction of sp³-hybridized carbons (Fsp3) is 0.923. The summed E-state index contributed by atoms with van der Waals surface area (Å²) < 4.78 is 36.8. The Morgan fingerprint density at radius 1 is 1.50 bits per heavy atom. The van der Waals surface area contributed by atoms with E-state index in [0.717, 1.165) is 12.8 Å². The summed E-state index contributed by atoms with van der Waals surface area (Å²) in [5.41, 5.74) is -0.964. The highest BCUT2D eigenvalue weighted by Gasteiger charge is 2.48. The van der Waals surface area contributed by atoms with Crippen molar-refractivity contribution in [2.75, 3.05) is 26.7 Å². The molecule has 0 bridgehead atoms. The highest BCUT2D eigenvalue weighted by atomic mass is 19.4. The van der Waals surface area contributed by atoms with Crippen LogP contribution in [0.4, 0.5) is 13.2 Å². The molecule has 0 amide bonds. The molecular weight excluding hydrogens is 273 g/mol. The van der Waals surface area contributed by atoms with Gasteiger partial charge >= 0.3 is 12.1 Å². The Morgan fingerprint density at radius 3 is 2.65 bits per heavy atom. The van der Waals surface area contributed by atoms with E-state index in [2.05, 4.69) is 5.32 Å². The predicted octanol–water partition coefficient (Wildman–Crippen LogP) is 2.10. The number of hydrogen-bond acceptors (Lipinski definition) is 3. The van der Waals surface area contributed by atoms with Gasteiger partial charge in [0.15, 0.2) is 0 Å². The van der Waals surface area contributed by atoms with Crippen molar-refractivity contribution in [3.8, 4) is 0 Å². The minimum atomic E-state index is -4.21. The summed E-state index contributed by atoms with van der Waals surface area (Å²) in [5, 5.41) is 12.5. The molecule has 2 unspecified atom stereocenters. The van der Waals surface area contributed by atoms with Gasteiger partial charge in [-0.2, -0.15) is 13.2 Å². The van der Waals surface area contributed by atoms with Crippen LogP contribution in [0.3, 0.4) is 0 Å². The van der Waals surface area contributed by atoms with E-state index in [1.807, 2.05) is 6.92 Å². The van der Waals surface area contributed by atoms with Crippen molar-refractivity contribution < 1.29 is 23.1 Å². The maximum absolute atomic E-state index is 12.3. The molecule has 0 aromatic heterocycles. The van der Waals surface area contributed by atoms with Crippen LogP contribution in [0.2, 0.25) is 0 Å². The average Bonchev–Trinajstić information content (AvgIpc) is 2.69. The van der Waals surface area contributed by atoms with Crippen molar-refractivity contribution in [3.05, 3.63) is 0 Å². The van der Waals surface area contributed by atoms with E-state index in [1.54, 1.807) is 0 Å². The molecule has 0 heterocycles. The van der Waals surface area contributed by atoms with Gasteiger partial charge in [0.25, 0.3) is 0 Å². The van der Waals surface area contributed by atoms with Gasteiger partial charge in [-0.05, 0) is 45.3 Å². The van der Waals surface area contributed by atoms with Gasteiger partial charge in [0, 0.05) is 0 Å². The van der Waals surface area contributed by atoms with Gasteiger partial charge in [0.1, 0.15) is 5.54 Å². The third-order valence-corrected chi connectivity index (χ3v) is 4.00. The molecule has 1 aliphatic rings. The molecule has 1 saturated carbocycles. The maximum atomic E-state index is 12.3. The van der Waals surface area contributed by atoms with Crippen LogP contribution in [-0.4, -0.2) is 54.4 Å². The van der Waals surface area contributed by atoms with Crippen molar-refractivity contribution >= 4 is 5.97 Å². The van der Waals surface area contributed by atoms with Gasteiger partial charge in [0.2, 0.25) is 0 Å². The van der Waals surface area contributed by atoms with E-state index in [4.69, 9.17) is 0 Å². The number of nitrogens with one attached hydrogen (secondary N) is 1. The third kappa shape index (κ3) is 4.34. The first kappa shape index (κ1) is 17.2. The summed E-state index contributed by atoms with van der Waals surface area (Å²) in [5.74, 6) is -1.00. The van der Waals surface area contributed by atoms with E-state index < -0.39 is 24.2 Å². The van der Waals surface area contributed by atoms with Crippen LogP contribution in [0.25, 0.3) is 0 Å². The zero-order chi connectivity index (χ0) is 15.4. The van der Waals surface area contributed by atoms with E-state index in [1.165, 1.54) is 11.9 Å². The van der Waals surface area contributed by atoms with Crippen molar-refractivity contribution in [3.63, 3.8) is 0 Å². The molecule has 1 rings (SSSR count). The van der Waals surface area contributed by atoms with Crippen molar-refractivity contribution in [2.45, 2.75) is 44.3 Å². The monoisotopic (exact) mass is 296 g/mol. The van der Waals surface area contributed by atoms with Crippen LogP contribution in [-0.2, 0) is 4.79 Å². The second kappa shape index (κ2) is 6.76. The Hall–Kier alpha value is -0.820. The number of carbonyl (C=O) groups is 1. The zero-order valence-electron chi connectivity index (χ0n) is 12.0. The molecular formula is C13H23F3N2O2. The summed E-state index contributed by atoms with van der Waals surface area (Å²) in [7, 11) is 1.41. The number of likely N-dealkylation sites (N-methyl/N-ethyl adjacent to an activating group) is 1. The smallest absolute Gasteiger partial charge is 0.401 e. The second-order valence-electron chi connectivity index (χ2n) is 5.54. The van der Waals surface area contributed by atoms with Gasteiger partial charge < -0.3 is 10.4 Å². The molecule has 0 aromatic carbocycles. The van der Waals surface area contributed by atoms with Gasteiger partial charge in [-0.3, -0.25) is 9.69 Å². The van der Waals surface area contributed by atoms with Crippen LogP contribution in [0, 0.1) is 5.92 Å². The molecule has 0 aliphatic heterocycles. The molecule has 0 radical (unpaired) electrons. The minimum Gasteiger partial charge on any atom is -0.480 e. The number of aliphatic carboxylic acids is 1. The average molecular weight is 296 g/mol. The number of halogens is 3. The molecule has 20 heavy (non-hydrogen) atoms. The van der Waals surface area contributed by atoms with Crippen molar-refractivity contribution in [2.24, 2.45) is 5.92 Å². The lowest BCUT2D eigenvalue weighted by molar-refractivity contribution is -0.148. The molecule has 1 fully saturated rings. The predicted molar refractivity (Wildman–Crippen MR) is 69.6 cm³/mol. The first-order chi connectivity index (χ1) is 9.21. The Kier molecular flexibility index (Phi) is 5.82. The normalized spacial score (nSPS) is 27.2. The Labute approximate surface area is 117 Å². The molecule has 0 saturated heterocycles. The largest absolute Gasteiger partial charge is 0.480 e. The van der Waals surface area contributed by atoms with Crippen molar-refractivity contribution in [1.29, 1.82) is 0 Å². The number of alkyl halides is 3. The van der Waals surface area contributed by atoms with Crippen molar-refractivity contribution in [1.82, 2.24) is 10.2 Å². The number of nitrogens with zero attached hydrogens (tertiary/aromatic N) is 1. The summed E-state index contributed by atoms with van der Waals surface area (Å²) in [6, 6.07) is 0. The number of carboxylic acid groups (broad SMARTS) is 1. The Morgan fingerprint density at radius 2 is 2.15 bits per heavy atom. The summed E-state index contributed by atoms with van der Waals surface area (Å²) >= 11 is 0. The number of carboxylic acids is 1. The Balaban J connectivity index is 2.59. The number of rotatable bonds is 7. The summed E-state index contributed by atoms with van der Waals surface area (Å²) in [6.07, 6.45) is -1.65. The molecule has 1 aliphatic carbocycles.